The van der Waals surface area contributed by atoms with E-state index in [9.17, 15) is 0 Å². The molecule has 22 heavy (non-hydrogen) atoms. The number of hydrazone groups is 1. The molecule has 0 saturated heterocycles. The molecule has 0 radical (unpaired) electrons. The van der Waals surface area contributed by atoms with Crippen LogP contribution in [0.2, 0.25) is 0 Å². The Morgan fingerprint density at radius 1 is 0.909 bits per heavy atom. The largest absolute Gasteiger partial charge is 0.497 e. The number of nitrogens with zero attached hydrogens (tertiary/aromatic N) is 1. The highest BCUT2D eigenvalue weighted by Crippen LogP contribution is 2.18. The third kappa shape index (κ3) is 5.13. The van der Waals surface area contributed by atoms with Crippen molar-refractivity contribution < 1.29 is 9.47 Å². The van der Waals surface area contributed by atoms with Crippen molar-refractivity contribution in [1.82, 2.24) is 0 Å². The summed E-state index contributed by atoms with van der Waals surface area (Å²) in [5.41, 5.74) is 4.70. The van der Waals surface area contributed by atoms with Gasteiger partial charge in [0.05, 0.1) is 19.0 Å². The quantitative estimate of drug-likeness (QED) is 0.660. The van der Waals surface area contributed by atoms with Crippen LogP contribution in [0.5, 0.6) is 11.5 Å². The lowest BCUT2D eigenvalue weighted by Gasteiger charge is -2.21. The van der Waals surface area contributed by atoms with Crippen molar-refractivity contribution in [3.8, 4) is 11.5 Å². The summed E-state index contributed by atoms with van der Waals surface area (Å²) in [5, 5.41) is 4.21. The van der Waals surface area contributed by atoms with Gasteiger partial charge < -0.3 is 9.47 Å². The predicted octanol–water partition coefficient (Wildman–Crippen LogP) is 4.32. The molecule has 2 rings (SSSR count). The van der Waals surface area contributed by atoms with E-state index in [1.807, 2.05) is 69.3 Å². The second kappa shape index (κ2) is 6.98. The number of anilines is 1. The third-order valence-corrected chi connectivity index (χ3v) is 2.80. The maximum atomic E-state index is 5.78. The molecule has 4 heteroatoms. The van der Waals surface area contributed by atoms with Gasteiger partial charge in [0.15, 0.2) is 0 Å². The van der Waals surface area contributed by atoms with Crippen LogP contribution < -0.4 is 14.9 Å². The summed E-state index contributed by atoms with van der Waals surface area (Å²) in [5.74, 6) is 1.68. The molecule has 1 N–H and O–H groups in total. The Morgan fingerprint density at radius 3 is 2.05 bits per heavy atom. The summed E-state index contributed by atoms with van der Waals surface area (Å²) in [6.07, 6.45) is 1.77. The van der Waals surface area contributed by atoms with Crippen LogP contribution in [0.15, 0.2) is 53.6 Å². The van der Waals surface area contributed by atoms with E-state index in [1.54, 1.807) is 13.3 Å². The first-order valence-corrected chi connectivity index (χ1v) is 7.18. The summed E-state index contributed by atoms with van der Waals surface area (Å²) < 4.78 is 10.9. The maximum absolute atomic E-state index is 5.78. The summed E-state index contributed by atoms with van der Waals surface area (Å²) in [4.78, 5) is 0. The van der Waals surface area contributed by atoms with Crippen LogP contribution in [-0.4, -0.2) is 18.9 Å². The van der Waals surface area contributed by atoms with E-state index in [-0.39, 0.29) is 5.60 Å². The minimum atomic E-state index is -0.189. The highest BCUT2D eigenvalue weighted by molar-refractivity contribution is 5.80. The molecule has 0 bridgehead atoms. The minimum Gasteiger partial charge on any atom is -0.497 e. The van der Waals surface area contributed by atoms with Crippen molar-refractivity contribution in [2.24, 2.45) is 5.10 Å². The first-order chi connectivity index (χ1) is 10.5. The molecule has 0 spiro atoms. The summed E-state index contributed by atoms with van der Waals surface area (Å²) >= 11 is 0. The molecular weight excluding hydrogens is 276 g/mol. The number of nitrogens with one attached hydrogen (secondary N) is 1. The minimum absolute atomic E-state index is 0.189. The van der Waals surface area contributed by atoms with Gasteiger partial charge in [0, 0.05) is 0 Å². The second-order valence-corrected chi connectivity index (χ2v) is 5.88. The van der Waals surface area contributed by atoms with Crippen molar-refractivity contribution in [3.63, 3.8) is 0 Å². The Labute approximate surface area is 131 Å². The monoisotopic (exact) mass is 298 g/mol. The Bertz CT molecular complexity index is 611. The SMILES string of the molecule is COc1ccc(N/N=C/c2ccc(OC(C)(C)C)cc2)cc1. The van der Waals surface area contributed by atoms with Crippen LogP contribution in [0, 0.1) is 0 Å². The lowest BCUT2D eigenvalue weighted by Crippen LogP contribution is -2.22. The first-order valence-electron chi connectivity index (χ1n) is 7.18. The van der Waals surface area contributed by atoms with Crippen molar-refractivity contribution in [2.75, 3.05) is 12.5 Å². The molecule has 0 amide bonds. The first kappa shape index (κ1) is 15.9. The molecule has 0 aliphatic carbocycles. The van der Waals surface area contributed by atoms with Crippen LogP contribution in [0.3, 0.4) is 0 Å². The number of hydrogen-bond acceptors (Lipinski definition) is 4. The topological polar surface area (TPSA) is 42.8 Å². The van der Waals surface area contributed by atoms with Gasteiger partial charge in [-0.3, -0.25) is 5.43 Å². The molecule has 0 heterocycles. The Morgan fingerprint density at radius 2 is 1.50 bits per heavy atom. The van der Waals surface area contributed by atoms with E-state index in [0.29, 0.717) is 0 Å². The molecule has 2 aromatic carbocycles. The number of hydrogen-bond donors (Lipinski definition) is 1. The van der Waals surface area contributed by atoms with Gasteiger partial charge in [-0.2, -0.15) is 5.10 Å². The normalized spacial score (nSPS) is 11.5. The van der Waals surface area contributed by atoms with Crippen molar-refractivity contribution >= 4 is 11.9 Å². The van der Waals surface area contributed by atoms with E-state index in [2.05, 4.69) is 10.5 Å². The Kier molecular flexibility index (Phi) is 5.04. The summed E-state index contributed by atoms with van der Waals surface area (Å²) in [6, 6.07) is 15.4. The van der Waals surface area contributed by atoms with Crippen LogP contribution >= 0.6 is 0 Å². The zero-order valence-electron chi connectivity index (χ0n) is 13.5. The fourth-order valence-corrected chi connectivity index (χ4v) is 1.82. The van der Waals surface area contributed by atoms with E-state index >= 15 is 0 Å². The van der Waals surface area contributed by atoms with Gasteiger partial charge in [0.2, 0.25) is 0 Å². The molecule has 4 nitrogen and oxygen atoms in total. The van der Waals surface area contributed by atoms with Gasteiger partial charge in [0.1, 0.15) is 17.1 Å². The average molecular weight is 298 g/mol. The standard InChI is InChI=1S/C18H22N2O2/c1-18(2,3)22-17-9-5-14(6-10-17)13-19-20-15-7-11-16(21-4)12-8-15/h5-13,20H,1-4H3/b19-13+. The molecule has 0 aliphatic rings. The highest BCUT2D eigenvalue weighted by Gasteiger charge is 2.10. The molecular formula is C18H22N2O2. The van der Waals surface area contributed by atoms with E-state index in [1.165, 1.54) is 0 Å². The smallest absolute Gasteiger partial charge is 0.120 e. The van der Waals surface area contributed by atoms with Crippen LogP contribution in [0.25, 0.3) is 0 Å². The van der Waals surface area contributed by atoms with Crippen LogP contribution in [-0.2, 0) is 0 Å². The zero-order chi connectivity index (χ0) is 16.0. The summed E-state index contributed by atoms with van der Waals surface area (Å²) in [6.45, 7) is 6.09. The third-order valence-electron chi connectivity index (χ3n) is 2.80. The van der Waals surface area contributed by atoms with Gasteiger partial charge in [-0.05, 0) is 74.9 Å². The second-order valence-electron chi connectivity index (χ2n) is 5.88. The summed E-state index contributed by atoms with van der Waals surface area (Å²) in [7, 11) is 1.65. The number of ether oxygens (including phenoxy) is 2. The number of rotatable bonds is 5. The lowest BCUT2D eigenvalue weighted by molar-refractivity contribution is 0.131. The lowest BCUT2D eigenvalue weighted by atomic mass is 10.2. The maximum Gasteiger partial charge on any atom is 0.120 e. The number of benzene rings is 2. The fourth-order valence-electron chi connectivity index (χ4n) is 1.82. The predicted molar refractivity (Wildman–Crippen MR) is 91.0 cm³/mol. The van der Waals surface area contributed by atoms with Crippen molar-refractivity contribution in [1.29, 1.82) is 0 Å². The van der Waals surface area contributed by atoms with Gasteiger partial charge in [0.25, 0.3) is 0 Å². The van der Waals surface area contributed by atoms with Crippen molar-refractivity contribution in [3.05, 3.63) is 54.1 Å². The molecule has 0 unspecified atom stereocenters. The molecule has 116 valence electrons. The molecule has 0 atom stereocenters. The van der Waals surface area contributed by atoms with E-state index in [0.717, 1.165) is 22.7 Å². The molecule has 0 aromatic heterocycles. The molecule has 2 aromatic rings. The average Bonchev–Trinajstić information content (AvgIpc) is 2.48. The molecule has 0 saturated carbocycles. The van der Waals surface area contributed by atoms with Gasteiger partial charge in [-0.15, -0.1) is 0 Å². The fraction of sp³-hybridized carbons (Fsp3) is 0.278. The van der Waals surface area contributed by atoms with E-state index < -0.39 is 0 Å². The molecule has 0 aliphatic heterocycles. The highest BCUT2D eigenvalue weighted by atomic mass is 16.5. The van der Waals surface area contributed by atoms with Gasteiger partial charge >= 0.3 is 0 Å². The zero-order valence-corrected chi connectivity index (χ0v) is 13.5. The molecule has 0 fully saturated rings. The van der Waals surface area contributed by atoms with Crippen LogP contribution in [0.1, 0.15) is 26.3 Å². The Balaban J connectivity index is 1.92. The van der Waals surface area contributed by atoms with Crippen LogP contribution in [0.4, 0.5) is 5.69 Å². The van der Waals surface area contributed by atoms with Crippen molar-refractivity contribution in [2.45, 2.75) is 26.4 Å². The van der Waals surface area contributed by atoms with Gasteiger partial charge in [-0.1, -0.05) is 0 Å². The number of methoxy groups -OCH3 is 1. The Hall–Kier alpha value is -2.49. The van der Waals surface area contributed by atoms with Gasteiger partial charge in [-0.25, -0.2) is 0 Å². The van der Waals surface area contributed by atoms with E-state index in [4.69, 9.17) is 9.47 Å².